The molecule has 0 aliphatic heterocycles. The molecule has 2 N–H and O–H groups in total. The van der Waals surface area contributed by atoms with Crippen LogP contribution in [0.4, 0.5) is 5.13 Å². The molecule has 2 aromatic carbocycles. The largest absolute Gasteiger partial charge is 0.497 e. The fraction of sp³-hybridized carbons (Fsp3) is 0.448. The van der Waals surface area contributed by atoms with Crippen molar-refractivity contribution in [2.45, 2.75) is 51.0 Å². The molecule has 0 unspecified atom stereocenters. The van der Waals surface area contributed by atoms with Crippen molar-refractivity contribution < 1.29 is 14.3 Å². The van der Waals surface area contributed by atoms with Crippen LogP contribution in [0.5, 0.6) is 5.75 Å². The molecule has 4 bridgehead atoms. The molecular formula is C29H32N4O3S. The normalized spacial score (nSPS) is 26.5. The van der Waals surface area contributed by atoms with Gasteiger partial charge in [0.2, 0.25) is 16.9 Å². The molecule has 0 spiro atoms. The number of nitrogens with one attached hydrogen (secondary N) is 2. The van der Waals surface area contributed by atoms with E-state index in [0.717, 1.165) is 36.1 Å². The van der Waals surface area contributed by atoms with Gasteiger partial charge < -0.3 is 10.1 Å². The maximum atomic E-state index is 13.8. The van der Waals surface area contributed by atoms with E-state index in [1.54, 1.807) is 7.11 Å². The molecule has 0 saturated heterocycles. The van der Waals surface area contributed by atoms with Gasteiger partial charge in [-0.15, -0.1) is 10.2 Å². The molecular weight excluding hydrogens is 484 g/mol. The molecule has 1 aromatic heterocycles. The summed E-state index contributed by atoms with van der Waals surface area (Å²) in [5.74, 6) is 2.50. The lowest BCUT2D eigenvalue weighted by molar-refractivity contribution is -0.148. The second kappa shape index (κ2) is 9.89. The van der Waals surface area contributed by atoms with Crippen LogP contribution in [-0.2, 0) is 16.0 Å². The Bertz CT molecular complexity index is 1260. The topological polar surface area (TPSA) is 93.2 Å². The van der Waals surface area contributed by atoms with Gasteiger partial charge in [-0.05, 0) is 74.0 Å². The standard InChI is InChI=1S/C29H32N4O3S/c1-36-23-9-5-8-22(14-23)26-32-33-28(37-26)31-25(34)24(13-18-6-3-2-4-7-18)30-27(35)29-15-19-10-20(16-29)12-21(11-19)17-29/h2-9,14,19-21,24H,10-13,15-17H2,1H3,(H,30,35)(H,31,33,34)/t19?,20?,21?,24-,29?/m0/s1. The summed E-state index contributed by atoms with van der Waals surface area (Å²) in [6.07, 6.45) is 7.13. The summed E-state index contributed by atoms with van der Waals surface area (Å²) >= 11 is 1.30. The smallest absolute Gasteiger partial charge is 0.249 e. The predicted octanol–water partition coefficient (Wildman–Crippen LogP) is 5.10. The first-order chi connectivity index (χ1) is 18.0. The van der Waals surface area contributed by atoms with E-state index in [4.69, 9.17) is 4.74 Å². The molecule has 3 aromatic rings. The summed E-state index contributed by atoms with van der Waals surface area (Å²) < 4.78 is 5.31. The van der Waals surface area contributed by atoms with Crippen molar-refractivity contribution in [2.75, 3.05) is 12.4 Å². The van der Waals surface area contributed by atoms with E-state index in [2.05, 4.69) is 20.8 Å². The summed E-state index contributed by atoms with van der Waals surface area (Å²) in [6, 6.07) is 16.7. The second-order valence-corrected chi connectivity index (χ2v) is 12.0. The van der Waals surface area contributed by atoms with Crippen LogP contribution in [0.15, 0.2) is 54.6 Å². The van der Waals surface area contributed by atoms with Gasteiger partial charge in [0.05, 0.1) is 7.11 Å². The van der Waals surface area contributed by atoms with E-state index in [1.165, 1.54) is 30.6 Å². The van der Waals surface area contributed by atoms with Crippen LogP contribution in [-0.4, -0.2) is 35.2 Å². The number of nitrogens with zero attached hydrogens (tertiary/aromatic N) is 2. The fourth-order valence-corrected chi connectivity index (χ4v) is 7.84. The average Bonchev–Trinajstić information content (AvgIpc) is 3.36. The number of hydrogen-bond acceptors (Lipinski definition) is 6. The van der Waals surface area contributed by atoms with Gasteiger partial charge in [0.25, 0.3) is 0 Å². The third-order valence-electron chi connectivity index (χ3n) is 8.40. The van der Waals surface area contributed by atoms with E-state index in [-0.39, 0.29) is 17.2 Å². The molecule has 0 radical (unpaired) electrons. The van der Waals surface area contributed by atoms with E-state index >= 15 is 0 Å². The van der Waals surface area contributed by atoms with Crippen LogP contribution in [0.25, 0.3) is 10.6 Å². The number of aromatic nitrogens is 2. The first-order valence-electron chi connectivity index (χ1n) is 13.1. The highest BCUT2D eigenvalue weighted by atomic mass is 32.1. The number of carbonyl (C=O) groups excluding carboxylic acids is 2. The Morgan fingerprint density at radius 3 is 2.38 bits per heavy atom. The Morgan fingerprint density at radius 2 is 1.70 bits per heavy atom. The summed E-state index contributed by atoms with van der Waals surface area (Å²) in [5, 5.41) is 15.7. The van der Waals surface area contributed by atoms with Crippen LogP contribution in [0, 0.1) is 23.2 Å². The van der Waals surface area contributed by atoms with Gasteiger partial charge in [0, 0.05) is 17.4 Å². The number of rotatable bonds is 8. The fourth-order valence-electron chi connectivity index (χ4n) is 7.10. The number of benzene rings is 2. The molecule has 192 valence electrons. The Labute approximate surface area is 221 Å². The minimum Gasteiger partial charge on any atom is -0.497 e. The molecule has 4 aliphatic carbocycles. The zero-order valence-corrected chi connectivity index (χ0v) is 21.8. The molecule has 1 atom stereocenters. The average molecular weight is 517 g/mol. The van der Waals surface area contributed by atoms with Crippen molar-refractivity contribution in [3.63, 3.8) is 0 Å². The van der Waals surface area contributed by atoms with Crippen molar-refractivity contribution in [1.29, 1.82) is 0 Å². The summed E-state index contributed by atoms with van der Waals surface area (Å²) in [5.41, 5.74) is 1.56. The highest BCUT2D eigenvalue weighted by Gasteiger charge is 2.55. The number of carbonyl (C=O) groups is 2. The van der Waals surface area contributed by atoms with Gasteiger partial charge >= 0.3 is 0 Å². The number of amides is 2. The van der Waals surface area contributed by atoms with Gasteiger partial charge in [-0.3, -0.25) is 14.9 Å². The van der Waals surface area contributed by atoms with Gasteiger partial charge in [0.1, 0.15) is 16.8 Å². The molecule has 4 aliphatic rings. The van der Waals surface area contributed by atoms with Gasteiger partial charge in [0.15, 0.2) is 0 Å². The first-order valence-corrected chi connectivity index (χ1v) is 13.9. The highest BCUT2D eigenvalue weighted by molar-refractivity contribution is 7.18. The number of methoxy groups -OCH3 is 1. The van der Waals surface area contributed by atoms with Crippen LogP contribution in [0.3, 0.4) is 0 Å². The van der Waals surface area contributed by atoms with Crippen LogP contribution < -0.4 is 15.4 Å². The second-order valence-electron chi connectivity index (χ2n) is 11.0. The SMILES string of the molecule is COc1cccc(-c2nnc(NC(=O)[C@H](Cc3ccccc3)NC(=O)C34CC5CC(CC(C5)C3)C4)s2)c1. The minimum atomic E-state index is -0.688. The molecule has 37 heavy (non-hydrogen) atoms. The van der Waals surface area contributed by atoms with Crippen LogP contribution in [0.1, 0.15) is 44.1 Å². The quantitative estimate of drug-likeness (QED) is 0.435. The molecule has 7 rings (SSSR count). The van der Waals surface area contributed by atoms with Crippen molar-refractivity contribution in [3.05, 3.63) is 60.2 Å². The molecule has 2 amide bonds. The van der Waals surface area contributed by atoms with Gasteiger partial charge in [-0.25, -0.2) is 0 Å². The number of ether oxygens (including phenoxy) is 1. The van der Waals surface area contributed by atoms with E-state index in [1.807, 2.05) is 54.6 Å². The third kappa shape index (κ3) is 4.99. The lowest BCUT2D eigenvalue weighted by Gasteiger charge is -2.55. The summed E-state index contributed by atoms with van der Waals surface area (Å²) in [4.78, 5) is 27.3. The van der Waals surface area contributed by atoms with Crippen molar-refractivity contribution >= 4 is 28.3 Å². The van der Waals surface area contributed by atoms with E-state index in [9.17, 15) is 9.59 Å². The summed E-state index contributed by atoms with van der Waals surface area (Å²) in [6.45, 7) is 0. The van der Waals surface area contributed by atoms with E-state index in [0.29, 0.717) is 34.3 Å². The van der Waals surface area contributed by atoms with Crippen molar-refractivity contribution in [3.8, 4) is 16.3 Å². The Hall–Kier alpha value is -3.26. The lowest BCUT2D eigenvalue weighted by atomic mass is 9.49. The zero-order chi connectivity index (χ0) is 25.4. The zero-order valence-electron chi connectivity index (χ0n) is 21.0. The monoisotopic (exact) mass is 516 g/mol. The van der Waals surface area contributed by atoms with Crippen LogP contribution in [0.2, 0.25) is 0 Å². The lowest BCUT2D eigenvalue weighted by Crippen LogP contribution is -2.57. The molecule has 4 fully saturated rings. The van der Waals surface area contributed by atoms with Crippen molar-refractivity contribution in [2.24, 2.45) is 23.2 Å². The van der Waals surface area contributed by atoms with Gasteiger partial charge in [-0.1, -0.05) is 53.8 Å². The van der Waals surface area contributed by atoms with E-state index < -0.39 is 6.04 Å². The van der Waals surface area contributed by atoms with Crippen molar-refractivity contribution in [1.82, 2.24) is 15.5 Å². The molecule has 7 nitrogen and oxygen atoms in total. The summed E-state index contributed by atoms with van der Waals surface area (Å²) in [7, 11) is 1.62. The minimum absolute atomic E-state index is 0.0528. The van der Waals surface area contributed by atoms with Gasteiger partial charge in [-0.2, -0.15) is 0 Å². The number of hydrogen-bond donors (Lipinski definition) is 2. The Morgan fingerprint density at radius 1 is 1.00 bits per heavy atom. The molecule has 1 heterocycles. The molecule has 8 heteroatoms. The maximum absolute atomic E-state index is 13.8. The molecule has 4 saturated carbocycles. The first kappa shape index (κ1) is 24.1. The number of anilines is 1. The third-order valence-corrected chi connectivity index (χ3v) is 9.28. The Balaban J connectivity index is 1.20. The van der Waals surface area contributed by atoms with Crippen LogP contribution >= 0.6 is 11.3 Å². The Kier molecular flexibility index (Phi) is 6.44. The predicted molar refractivity (Wildman–Crippen MR) is 143 cm³/mol. The highest BCUT2D eigenvalue weighted by Crippen LogP contribution is 2.60. The maximum Gasteiger partial charge on any atom is 0.249 e.